The van der Waals surface area contributed by atoms with Crippen LogP contribution in [0.3, 0.4) is 0 Å². The zero-order valence-electron chi connectivity index (χ0n) is 14.8. The van der Waals surface area contributed by atoms with Crippen molar-refractivity contribution < 1.29 is 23.0 Å². The summed E-state index contributed by atoms with van der Waals surface area (Å²) in [5.74, 6) is -0.290. The van der Waals surface area contributed by atoms with Crippen LogP contribution in [0.5, 0.6) is 5.75 Å². The van der Waals surface area contributed by atoms with Crippen molar-refractivity contribution in [2.45, 2.75) is 25.5 Å². The summed E-state index contributed by atoms with van der Waals surface area (Å²) >= 11 is 0. The number of aryl methyl sites for hydroxylation is 1. The lowest BCUT2D eigenvalue weighted by Crippen LogP contribution is -2.38. The number of alkyl halides is 3. The summed E-state index contributed by atoms with van der Waals surface area (Å²) in [5, 5.41) is 13.9. The summed E-state index contributed by atoms with van der Waals surface area (Å²) in [6.45, 7) is 1.73. The van der Waals surface area contributed by atoms with E-state index in [1.54, 1.807) is 42.3 Å². The predicted octanol–water partition coefficient (Wildman–Crippen LogP) is 3.13. The smallest absolute Gasteiger partial charge is 0.406 e. The summed E-state index contributed by atoms with van der Waals surface area (Å²) in [4.78, 5) is 6.41. The molecule has 2 aromatic rings. The molecule has 6 nitrogen and oxygen atoms in total. The normalized spacial score (nSPS) is 18.4. The Morgan fingerprint density at radius 2 is 1.96 bits per heavy atom. The van der Waals surface area contributed by atoms with E-state index < -0.39 is 12.5 Å². The zero-order valence-corrected chi connectivity index (χ0v) is 14.8. The number of hydrogen-bond acceptors (Lipinski definition) is 5. The summed E-state index contributed by atoms with van der Waals surface area (Å²) < 4.78 is 42.7. The highest BCUT2D eigenvalue weighted by Crippen LogP contribution is 2.36. The number of halogens is 3. The number of rotatable bonds is 5. The lowest BCUT2D eigenvalue weighted by atomic mass is 10.0. The molecule has 27 heavy (non-hydrogen) atoms. The number of aromatic nitrogens is 2. The van der Waals surface area contributed by atoms with Crippen LogP contribution in [0.2, 0.25) is 0 Å². The molecule has 0 aliphatic carbocycles. The molecular formula is C18H19F3N4O2. The third-order valence-corrected chi connectivity index (χ3v) is 4.15. The first-order valence-corrected chi connectivity index (χ1v) is 8.26. The lowest BCUT2D eigenvalue weighted by molar-refractivity contribution is -0.274. The molecule has 1 aliphatic heterocycles. The molecule has 0 saturated heterocycles. The molecule has 2 heterocycles. The van der Waals surface area contributed by atoms with Gasteiger partial charge in [0.1, 0.15) is 11.9 Å². The molecule has 1 aromatic heterocycles. The van der Waals surface area contributed by atoms with E-state index in [-0.39, 0.29) is 18.4 Å². The first-order valence-electron chi connectivity index (χ1n) is 8.26. The van der Waals surface area contributed by atoms with Gasteiger partial charge in [-0.2, -0.15) is 5.10 Å². The molecular weight excluding hydrogens is 361 g/mol. The van der Waals surface area contributed by atoms with Crippen LogP contribution in [0.15, 0.2) is 47.7 Å². The number of aliphatic hydroxyl groups is 1. The zero-order chi connectivity index (χ0) is 19.6. The number of allylic oxidation sites excluding steroid dienone is 1. The van der Waals surface area contributed by atoms with E-state index in [4.69, 9.17) is 0 Å². The van der Waals surface area contributed by atoms with Gasteiger partial charge < -0.3 is 14.7 Å². The van der Waals surface area contributed by atoms with Gasteiger partial charge in [-0.05, 0) is 42.8 Å². The van der Waals surface area contributed by atoms with Crippen molar-refractivity contribution >= 4 is 11.9 Å². The molecule has 1 aliphatic rings. The number of benzene rings is 1. The minimum atomic E-state index is -4.73. The number of nitrogens with zero attached hydrogens (tertiary/aromatic N) is 4. The van der Waals surface area contributed by atoms with Gasteiger partial charge in [-0.25, -0.2) is 0 Å². The number of ether oxygens (including phenoxy) is 1. The summed E-state index contributed by atoms with van der Waals surface area (Å²) in [6.07, 6.45) is 1.81. The van der Waals surface area contributed by atoms with Gasteiger partial charge in [0.2, 0.25) is 0 Å². The molecule has 1 unspecified atom stereocenters. The first-order chi connectivity index (χ1) is 12.8. The molecule has 144 valence electrons. The van der Waals surface area contributed by atoms with Gasteiger partial charge >= 0.3 is 6.36 Å². The third-order valence-electron chi connectivity index (χ3n) is 4.15. The molecule has 0 bridgehead atoms. The van der Waals surface area contributed by atoms with Crippen molar-refractivity contribution in [3.63, 3.8) is 0 Å². The highest BCUT2D eigenvalue weighted by atomic mass is 19.4. The molecule has 2 atom stereocenters. The average Bonchev–Trinajstić information content (AvgIpc) is 3.06. The van der Waals surface area contributed by atoms with E-state index in [0.29, 0.717) is 5.56 Å². The summed E-state index contributed by atoms with van der Waals surface area (Å²) in [6, 6.07) is 5.34. The van der Waals surface area contributed by atoms with Crippen LogP contribution in [-0.2, 0) is 7.05 Å². The van der Waals surface area contributed by atoms with Crippen molar-refractivity contribution in [1.82, 2.24) is 14.7 Å². The van der Waals surface area contributed by atoms with Gasteiger partial charge in [-0.15, -0.1) is 13.2 Å². The molecule has 0 amide bonds. The van der Waals surface area contributed by atoms with Crippen LogP contribution in [0.4, 0.5) is 13.2 Å². The SMILES string of the molecule is C[C@@H](CO)N1C(c2ccc(OC(F)(F)F)cc2)=CC=NC1c1cnn(C)c1. The molecule has 0 spiro atoms. The van der Waals surface area contributed by atoms with Crippen molar-refractivity contribution in [2.75, 3.05) is 6.61 Å². The first kappa shape index (κ1) is 19.0. The maximum atomic E-state index is 12.4. The van der Waals surface area contributed by atoms with Gasteiger partial charge in [0.25, 0.3) is 0 Å². The second-order valence-electron chi connectivity index (χ2n) is 6.18. The van der Waals surface area contributed by atoms with Crippen LogP contribution < -0.4 is 4.74 Å². The van der Waals surface area contributed by atoms with Gasteiger partial charge in [0.15, 0.2) is 0 Å². The van der Waals surface area contributed by atoms with E-state index in [1.165, 1.54) is 12.1 Å². The largest absolute Gasteiger partial charge is 0.573 e. The minimum Gasteiger partial charge on any atom is -0.406 e. The Hall–Kier alpha value is -2.81. The Morgan fingerprint density at radius 3 is 2.52 bits per heavy atom. The fraction of sp³-hybridized carbons (Fsp3) is 0.333. The van der Waals surface area contributed by atoms with Crippen LogP contribution in [0.1, 0.15) is 24.2 Å². The summed E-state index contributed by atoms with van der Waals surface area (Å²) in [5.41, 5.74) is 2.26. The average molecular weight is 380 g/mol. The Bertz CT molecular complexity index is 843. The van der Waals surface area contributed by atoms with E-state index in [0.717, 1.165) is 11.3 Å². The molecule has 0 fully saturated rings. The van der Waals surface area contributed by atoms with Crippen molar-refractivity contribution in [3.05, 3.63) is 53.9 Å². The standard InChI is InChI=1S/C18H19F3N4O2/c1-12(11-26)25-16(7-8-22-17(25)14-9-23-24(2)10-14)13-3-5-15(6-4-13)27-18(19,20)21/h3-10,12,17,26H,11H2,1-2H3/t12-,17?/m0/s1. The minimum absolute atomic E-state index is 0.112. The highest BCUT2D eigenvalue weighted by molar-refractivity contribution is 5.86. The Kier molecular flexibility index (Phi) is 5.22. The van der Waals surface area contributed by atoms with E-state index in [9.17, 15) is 18.3 Å². The fourth-order valence-corrected chi connectivity index (χ4v) is 2.94. The lowest BCUT2D eigenvalue weighted by Gasteiger charge is -2.38. The Morgan fingerprint density at radius 1 is 1.26 bits per heavy atom. The second kappa shape index (κ2) is 7.43. The van der Waals surface area contributed by atoms with Crippen LogP contribution >= 0.6 is 0 Å². The maximum absolute atomic E-state index is 12.4. The van der Waals surface area contributed by atoms with Gasteiger partial charge in [-0.3, -0.25) is 9.67 Å². The highest BCUT2D eigenvalue weighted by Gasteiger charge is 2.32. The van der Waals surface area contributed by atoms with Crippen molar-refractivity contribution in [3.8, 4) is 5.75 Å². The number of aliphatic imine (C=N–C) groups is 1. The van der Waals surface area contributed by atoms with E-state index >= 15 is 0 Å². The van der Waals surface area contributed by atoms with Crippen molar-refractivity contribution in [1.29, 1.82) is 0 Å². The molecule has 9 heteroatoms. The quantitative estimate of drug-likeness (QED) is 0.866. The third kappa shape index (κ3) is 4.30. The van der Waals surface area contributed by atoms with Crippen LogP contribution in [-0.4, -0.2) is 45.0 Å². The summed E-state index contributed by atoms with van der Waals surface area (Å²) in [7, 11) is 1.80. The second-order valence-corrected chi connectivity index (χ2v) is 6.18. The van der Waals surface area contributed by atoms with Crippen molar-refractivity contribution in [2.24, 2.45) is 12.0 Å². The fourth-order valence-electron chi connectivity index (χ4n) is 2.94. The van der Waals surface area contributed by atoms with Crippen LogP contribution in [0.25, 0.3) is 5.70 Å². The molecule has 0 radical (unpaired) electrons. The molecule has 0 saturated carbocycles. The topological polar surface area (TPSA) is 62.9 Å². The number of hydrogen-bond donors (Lipinski definition) is 1. The van der Waals surface area contributed by atoms with Gasteiger partial charge in [0, 0.05) is 30.7 Å². The Labute approximate surface area is 154 Å². The maximum Gasteiger partial charge on any atom is 0.573 e. The van der Waals surface area contributed by atoms with Gasteiger partial charge in [0.05, 0.1) is 18.8 Å². The van der Waals surface area contributed by atoms with E-state index in [1.807, 2.05) is 18.0 Å². The van der Waals surface area contributed by atoms with Gasteiger partial charge in [-0.1, -0.05) is 0 Å². The predicted molar refractivity (Wildman–Crippen MR) is 93.9 cm³/mol. The Balaban J connectivity index is 1.93. The molecule has 1 N–H and O–H groups in total. The van der Waals surface area contributed by atoms with E-state index in [2.05, 4.69) is 14.8 Å². The number of aliphatic hydroxyl groups excluding tert-OH is 1. The van der Waals surface area contributed by atoms with Crippen LogP contribution in [0, 0.1) is 0 Å². The molecule has 3 rings (SSSR count). The monoisotopic (exact) mass is 380 g/mol. The molecule has 1 aromatic carbocycles.